The lowest BCUT2D eigenvalue weighted by molar-refractivity contribution is -0.148. The zero-order valence-electron chi connectivity index (χ0n) is 12.5. The number of carbonyl (C=O) groups excluding carboxylic acids is 3. The van der Waals surface area contributed by atoms with Gasteiger partial charge in [0, 0.05) is 12.0 Å². The Balaban J connectivity index is 1.69. The molecule has 2 amide bonds. The zero-order chi connectivity index (χ0) is 16.5. The average Bonchev–Trinajstić information content (AvgIpc) is 2.60. The summed E-state index contributed by atoms with van der Waals surface area (Å²) in [6.45, 7) is -0.466. The Morgan fingerprint density at radius 3 is 2.13 bits per heavy atom. The highest BCUT2D eigenvalue weighted by Crippen LogP contribution is 2.03. The molecule has 0 unspecified atom stereocenters. The molecule has 0 aromatic heterocycles. The topological polar surface area (TPSA) is 72.5 Å². The molecule has 0 atom stereocenters. The number of hydrogen-bond donors (Lipinski definition) is 1. The van der Waals surface area contributed by atoms with E-state index in [9.17, 15) is 14.4 Å². The van der Waals surface area contributed by atoms with Gasteiger partial charge in [0.15, 0.2) is 6.61 Å². The Hall–Kier alpha value is -2.95. The van der Waals surface area contributed by atoms with Crippen molar-refractivity contribution in [2.24, 2.45) is 0 Å². The Labute approximate surface area is 134 Å². The summed E-state index contributed by atoms with van der Waals surface area (Å²) in [6, 6.07) is 17.9. The van der Waals surface area contributed by atoms with Crippen LogP contribution in [0.4, 0.5) is 0 Å². The summed E-state index contributed by atoms with van der Waals surface area (Å²) in [5.74, 6) is -1.64. The molecule has 5 heteroatoms. The van der Waals surface area contributed by atoms with Gasteiger partial charge in [0.25, 0.3) is 11.8 Å². The first kappa shape index (κ1) is 16.4. The van der Waals surface area contributed by atoms with E-state index in [1.54, 1.807) is 30.3 Å². The number of imide groups is 1. The Morgan fingerprint density at radius 1 is 0.870 bits per heavy atom. The lowest BCUT2D eigenvalue weighted by Gasteiger charge is -2.06. The van der Waals surface area contributed by atoms with Crippen LogP contribution >= 0.6 is 0 Å². The molecular weight excluding hydrogens is 294 g/mol. The molecule has 23 heavy (non-hydrogen) atoms. The summed E-state index contributed by atoms with van der Waals surface area (Å²) >= 11 is 0. The second kappa shape index (κ2) is 8.48. The van der Waals surface area contributed by atoms with Gasteiger partial charge in [-0.3, -0.25) is 19.7 Å². The van der Waals surface area contributed by atoms with Crippen molar-refractivity contribution in [1.29, 1.82) is 0 Å². The Morgan fingerprint density at radius 2 is 1.48 bits per heavy atom. The SMILES string of the molecule is O=C(COC(=O)CCc1ccccc1)NC(=O)c1ccccc1. The number of benzene rings is 2. The Kier molecular flexibility index (Phi) is 6.06. The van der Waals surface area contributed by atoms with Gasteiger partial charge in [0.05, 0.1) is 0 Å². The van der Waals surface area contributed by atoms with Gasteiger partial charge in [-0.15, -0.1) is 0 Å². The van der Waals surface area contributed by atoms with E-state index >= 15 is 0 Å². The van der Waals surface area contributed by atoms with Gasteiger partial charge in [-0.25, -0.2) is 0 Å². The molecule has 0 saturated heterocycles. The monoisotopic (exact) mass is 311 g/mol. The number of amides is 2. The molecular formula is C18H17NO4. The van der Waals surface area contributed by atoms with Crippen LogP contribution in [0.15, 0.2) is 60.7 Å². The van der Waals surface area contributed by atoms with Crippen LogP contribution < -0.4 is 5.32 Å². The summed E-state index contributed by atoms with van der Waals surface area (Å²) < 4.78 is 4.86. The van der Waals surface area contributed by atoms with Gasteiger partial charge in [-0.2, -0.15) is 0 Å². The third-order valence-electron chi connectivity index (χ3n) is 3.11. The standard InChI is InChI=1S/C18H17NO4/c20-16(19-18(22)15-9-5-2-6-10-15)13-23-17(21)12-11-14-7-3-1-4-8-14/h1-10H,11-13H2,(H,19,20,22). The van der Waals surface area contributed by atoms with Crippen LogP contribution in [0, 0.1) is 0 Å². The fourth-order valence-corrected chi connectivity index (χ4v) is 1.93. The molecule has 0 aliphatic carbocycles. The zero-order valence-corrected chi connectivity index (χ0v) is 12.5. The molecule has 0 radical (unpaired) electrons. The fraction of sp³-hybridized carbons (Fsp3) is 0.167. The van der Waals surface area contributed by atoms with E-state index in [0.717, 1.165) is 5.56 Å². The van der Waals surface area contributed by atoms with E-state index in [1.807, 2.05) is 30.3 Å². The summed E-state index contributed by atoms with van der Waals surface area (Å²) in [5, 5.41) is 2.17. The van der Waals surface area contributed by atoms with Crippen LogP contribution in [0.2, 0.25) is 0 Å². The maximum atomic E-state index is 11.7. The van der Waals surface area contributed by atoms with E-state index < -0.39 is 24.4 Å². The van der Waals surface area contributed by atoms with E-state index in [-0.39, 0.29) is 6.42 Å². The van der Waals surface area contributed by atoms with Gasteiger partial charge in [0.2, 0.25) is 0 Å². The molecule has 0 saturated carbocycles. The van der Waals surface area contributed by atoms with E-state index in [1.165, 1.54) is 0 Å². The van der Waals surface area contributed by atoms with Crippen LogP contribution in [0.1, 0.15) is 22.3 Å². The molecule has 0 heterocycles. The van der Waals surface area contributed by atoms with E-state index in [4.69, 9.17) is 4.74 Å². The smallest absolute Gasteiger partial charge is 0.306 e. The van der Waals surface area contributed by atoms with Crippen LogP contribution in [0.3, 0.4) is 0 Å². The normalized spacial score (nSPS) is 9.91. The van der Waals surface area contributed by atoms with Crippen molar-refractivity contribution in [1.82, 2.24) is 5.32 Å². The first-order valence-corrected chi connectivity index (χ1v) is 7.24. The number of aryl methyl sites for hydroxylation is 1. The van der Waals surface area contributed by atoms with Crippen molar-refractivity contribution in [3.05, 3.63) is 71.8 Å². The molecule has 0 fully saturated rings. The minimum Gasteiger partial charge on any atom is -0.456 e. The van der Waals surface area contributed by atoms with Gasteiger partial charge >= 0.3 is 5.97 Å². The predicted octanol–water partition coefficient (Wildman–Crippen LogP) is 2.12. The van der Waals surface area contributed by atoms with Gasteiger partial charge in [-0.05, 0) is 24.1 Å². The molecule has 2 rings (SSSR count). The maximum absolute atomic E-state index is 11.7. The number of nitrogens with one attached hydrogen (secondary N) is 1. The molecule has 118 valence electrons. The third-order valence-corrected chi connectivity index (χ3v) is 3.11. The maximum Gasteiger partial charge on any atom is 0.306 e. The highest BCUT2D eigenvalue weighted by Gasteiger charge is 2.12. The van der Waals surface area contributed by atoms with Crippen molar-refractivity contribution >= 4 is 17.8 Å². The van der Waals surface area contributed by atoms with E-state index in [0.29, 0.717) is 12.0 Å². The third kappa shape index (κ3) is 5.74. The number of carbonyl (C=O) groups is 3. The lowest BCUT2D eigenvalue weighted by atomic mass is 10.1. The lowest BCUT2D eigenvalue weighted by Crippen LogP contribution is -2.34. The quantitative estimate of drug-likeness (QED) is 0.829. The highest BCUT2D eigenvalue weighted by atomic mass is 16.5. The van der Waals surface area contributed by atoms with Gasteiger partial charge in [0.1, 0.15) is 0 Å². The number of ether oxygens (including phenoxy) is 1. The summed E-state index contributed by atoms with van der Waals surface area (Å²) in [5.41, 5.74) is 1.39. The molecule has 0 aliphatic rings. The van der Waals surface area contributed by atoms with Gasteiger partial charge in [-0.1, -0.05) is 48.5 Å². The van der Waals surface area contributed by atoms with E-state index in [2.05, 4.69) is 5.32 Å². The predicted molar refractivity (Wildman–Crippen MR) is 84.6 cm³/mol. The van der Waals surface area contributed by atoms with Crippen molar-refractivity contribution in [2.75, 3.05) is 6.61 Å². The summed E-state index contributed by atoms with van der Waals surface area (Å²) in [4.78, 5) is 34.9. The minimum atomic E-state index is -0.646. The highest BCUT2D eigenvalue weighted by molar-refractivity contribution is 6.05. The van der Waals surface area contributed by atoms with Crippen LogP contribution in [-0.4, -0.2) is 24.4 Å². The molecule has 0 aliphatic heterocycles. The molecule has 0 spiro atoms. The molecule has 5 nitrogen and oxygen atoms in total. The number of rotatable bonds is 6. The van der Waals surface area contributed by atoms with Crippen LogP contribution in [-0.2, 0) is 20.7 Å². The molecule has 1 N–H and O–H groups in total. The van der Waals surface area contributed by atoms with Crippen LogP contribution in [0.25, 0.3) is 0 Å². The fourth-order valence-electron chi connectivity index (χ4n) is 1.93. The molecule has 0 bridgehead atoms. The minimum absolute atomic E-state index is 0.184. The Bertz CT molecular complexity index is 668. The first-order chi connectivity index (χ1) is 11.1. The molecule has 2 aromatic carbocycles. The second-order valence-electron chi connectivity index (χ2n) is 4.89. The van der Waals surface area contributed by atoms with Crippen molar-refractivity contribution in [3.8, 4) is 0 Å². The van der Waals surface area contributed by atoms with Crippen LogP contribution in [0.5, 0.6) is 0 Å². The van der Waals surface area contributed by atoms with Gasteiger partial charge < -0.3 is 4.74 Å². The molecule has 2 aromatic rings. The second-order valence-corrected chi connectivity index (χ2v) is 4.89. The largest absolute Gasteiger partial charge is 0.456 e. The van der Waals surface area contributed by atoms with Crippen molar-refractivity contribution in [3.63, 3.8) is 0 Å². The summed E-state index contributed by atoms with van der Waals surface area (Å²) in [6.07, 6.45) is 0.730. The number of hydrogen-bond acceptors (Lipinski definition) is 4. The average molecular weight is 311 g/mol. The first-order valence-electron chi connectivity index (χ1n) is 7.24. The van der Waals surface area contributed by atoms with Crippen molar-refractivity contribution < 1.29 is 19.1 Å². The van der Waals surface area contributed by atoms with Crippen molar-refractivity contribution in [2.45, 2.75) is 12.8 Å². The number of esters is 1. The summed E-state index contributed by atoms with van der Waals surface area (Å²) in [7, 11) is 0.